The monoisotopic (exact) mass is 418 g/mol. The maximum absolute atomic E-state index is 12.8. The minimum atomic E-state index is -4.21. The average Bonchev–Trinajstić information content (AvgIpc) is 2.65. The predicted octanol–water partition coefficient (Wildman–Crippen LogP) is 3.74. The van der Waals surface area contributed by atoms with Gasteiger partial charge in [0, 0.05) is 6.07 Å². The van der Waals surface area contributed by atoms with E-state index in [2.05, 4.69) is 0 Å². The van der Waals surface area contributed by atoms with Gasteiger partial charge in [-0.25, -0.2) is 4.79 Å². The maximum Gasteiger partial charge on any atom is 0.345 e. The molecule has 2 aromatic carbocycles. The Hall–Kier alpha value is -3.00. The van der Waals surface area contributed by atoms with Gasteiger partial charge in [0.05, 0.1) is 19.8 Å². The van der Waals surface area contributed by atoms with Gasteiger partial charge in [-0.05, 0) is 45.1 Å². The number of esters is 1. The first-order valence-electron chi connectivity index (χ1n) is 8.80. The second-order valence-corrected chi connectivity index (χ2v) is 8.62. The minimum Gasteiger partial charge on any atom is -0.495 e. The summed E-state index contributed by atoms with van der Waals surface area (Å²) in [5.74, 6) is -0.595. The summed E-state index contributed by atoms with van der Waals surface area (Å²) in [6, 6.07) is 7.53. The second kappa shape index (κ2) is 7.44. The van der Waals surface area contributed by atoms with Crippen molar-refractivity contribution in [2.75, 3.05) is 14.2 Å². The first kappa shape index (κ1) is 20.7. The van der Waals surface area contributed by atoms with Gasteiger partial charge in [-0.1, -0.05) is 17.7 Å². The largest absolute Gasteiger partial charge is 0.495 e. The van der Waals surface area contributed by atoms with Gasteiger partial charge in [-0.15, -0.1) is 0 Å². The highest BCUT2D eigenvalue weighted by atomic mass is 32.2. The topological polar surface area (TPSA) is 88.1 Å². The summed E-state index contributed by atoms with van der Waals surface area (Å²) in [5, 5.41) is 0. The molecule has 0 aromatic heterocycles. The van der Waals surface area contributed by atoms with Crippen molar-refractivity contribution in [3.8, 4) is 17.2 Å². The fourth-order valence-electron chi connectivity index (χ4n) is 2.92. The van der Waals surface area contributed by atoms with Crippen LogP contribution in [0.1, 0.15) is 35.3 Å². The first-order valence-corrected chi connectivity index (χ1v) is 10.2. The zero-order chi connectivity index (χ0) is 21.4. The molecule has 0 saturated carbocycles. The van der Waals surface area contributed by atoms with Crippen LogP contribution in [0.5, 0.6) is 17.2 Å². The van der Waals surface area contributed by atoms with Gasteiger partial charge in [0.2, 0.25) is 0 Å². The van der Waals surface area contributed by atoms with Crippen LogP contribution in [0.4, 0.5) is 0 Å². The van der Waals surface area contributed by atoms with E-state index in [0.29, 0.717) is 11.3 Å². The van der Waals surface area contributed by atoms with E-state index in [4.69, 9.17) is 18.4 Å². The molecular formula is C21H22O7S. The lowest BCUT2D eigenvalue weighted by Gasteiger charge is -2.29. The van der Waals surface area contributed by atoms with Crippen molar-refractivity contribution >= 4 is 22.2 Å². The number of aryl methyl sites for hydroxylation is 1. The van der Waals surface area contributed by atoms with Crippen molar-refractivity contribution in [1.29, 1.82) is 0 Å². The van der Waals surface area contributed by atoms with Crippen LogP contribution in [-0.2, 0) is 14.9 Å². The molecule has 0 spiro atoms. The SMILES string of the molecule is COC(=O)c1c(OS(=O)(=O)c2ccc(C)cc2)cc2c(c1OC)C=CC(C)(C)O2. The van der Waals surface area contributed by atoms with Crippen molar-refractivity contribution < 1.29 is 31.6 Å². The Bertz CT molecular complexity index is 1080. The van der Waals surface area contributed by atoms with Crippen LogP contribution in [0.3, 0.4) is 0 Å². The van der Waals surface area contributed by atoms with E-state index in [1.54, 1.807) is 18.2 Å². The van der Waals surface area contributed by atoms with E-state index in [1.165, 1.54) is 32.4 Å². The standard InChI is InChI=1S/C21H22O7S/c1-13-6-8-14(9-7-13)29(23,24)28-17-12-16-15(10-11-21(2,3)27-16)19(25-4)18(17)20(22)26-5/h6-12H,1-5H3. The first-order chi connectivity index (χ1) is 13.6. The fourth-order valence-corrected chi connectivity index (χ4v) is 3.85. The van der Waals surface area contributed by atoms with E-state index in [-0.39, 0.29) is 22.0 Å². The molecule has 29 heavy (non-hydrogen) atoms. The van der Waals surface area contributed by atoms with Gasteiger partial charge >= 0.3 is 16.1 Å². The predicted molar refractivity (Wildman–Crippen MR) is 107 cm³/mol. The molecule has 0 atom stereocenters. The molecule has 2 aromatic rings. The molecule has 0 amide bonds. The van der Waals surface area contributed by atoms with E-state index in [0.717, 1.165) is 5.56 Å². The van der Waals surface area contributed by atoms with Crippen molar-refractivity contribution in [1.82, 2.24) is 0 Å². The third kappa shape index (κ3) is 4.07. The summed E-state index contributed by atoms with van der Waals surface area (Å²) < 4.78 is 47.1. The molecule has 0 radical (unpaired) electrons. The summed E-state index contributed by atoms with van der Waals surface area (Å²) in [6.07, 6.45) is 3.56. The van der Waals surface area contributed by atoms with Gasteiger partial charge in [0.1, 0.15) is 27.6 Å². The Morgan fingerprint density at radius 2 is 1.76 bits per heavy atom. The average molecular weight is 418 g/mol. The Kier molecular flexibility index (Phi) is 5.32. The number of methoxy groups -OCH3 is 2. The van der Waals surface area contributed by atoms with E-state index in [1.807, 2.05) is 26.8 Å². The lowest BCUT2D eigenvalue weighted by molar-refractivity contribution is 0.0594. The van der Waals surface area contributed by atoms with Crippen LogP contribution in [0, 0.1) is 6.92 Å². The minimum absolute atomic E-state index is 0.0447. The summed E-state index contributed by atoms with van der Waals surface area (Å²) in [6.45, 7) is 5.53. The number of hydrogen-bond acceptors (Lipinski definition) is 7. The normalized spacial score (nSPS) is 14.5. The Morgan fingerprint density at radius 3 is 2.34 bits per heavy atom. The van der Waals surface area contributed by atoms with Crippen LogP contribution < -0.4 is 13.7 Å². The molecular weight excluding hydrogens is 396 g/mol. The second-order valence-electron chi connectivity index (χ2n) is 7.08. The molecule has 1 aliphatic rings. The molecule has 3 rings (SSSR count). The highest BCUT2D eigenvalue weighted by Crippen LogP contribution is 2.44. The zero-order valence-corrected chi connectivity index (χ0v) is 17.6. The van der Waals surface area contributed by atoms with Crippen molar-refractivity contribution in [3.63, 3.8) is 0 Å². The number of rotatable bonds is 5. The molecule has 0 unspecified atom stereocenters. The Balaban J connectivity index is 2.18. The number of carbonyl (C=O) groups is 1. The molecule has 1 aliphatic heterocycles. The Morgan fingerprint density at radius 1 is 1.10 bits per heavy atom. The van der Waals surface area contributed by atoms with Gasteiger partial charge in [-0.2, -0.15) is 8.42 Å². The smallest absolute Gasteiger partial charge is 0.345 e. The zero-order valence-electron chi connectivity index (χ0n) is 16.8. The van der Waals surface area contributed by atoms with E-state index < -0.39 is 21.7 Å². The summed E-state index contributed by atoms with van der Waals surface area (Å²) in [5.41, 5.74) is 0.625. The molecule has 0 N–H and O–H groups in total. The van der Waals surface area contributed by atoms with Crippen LogP contribution in [0.2, 0.25) is 0 Å². The van der Waals surface area contributed by atoms with Gasteiger partial charge in [0.25, 0.3) is 0 Å². The number of benzene rings is 2. The molecule has 0 bridgehead atoms. The third-order valence-electron chi connectivity index (χ3n) is 4.37. The number of hydrogen-bond donors (Lipinski definition) is 0. The molecule has 7 nitrogen and oxygen atoms in total. The van der Waals surface area contributed by atoms with Crippen molar-refractivity contribution in [2.45, 2.75) is 31.3 Å². The molecule has 0 saturated heterocycles. The van der Waals surface area contributed by atoms with Crippen molar-refractivity contribution in [2.24, 2.45) is 0 Å². The number of ether oxygens (including phenoxy) is 3. The van der Waals surface area contributed by atoms with Crippen LogP contribution in [0.15, 0.2) is 41.3 Å². The fraction of sp³-hybridized carbons (Fsp3) is 0.286. The summed E-state index contributed by atoms with van der Waals surface area (Å²) >= 11 is 0. The molecule has 1 heterocycles. The third-order valence-corrected chi connectivity index (χ3v) is 5.62. The maximum atomic E-state index is 12.8. The molecule has 8 heteroatoms. The molecule has 0 fully saturated rings. The number of fused-ring (bicyclic) bond motifs is 1. The lowest BCUT2D eigenvalue weighted by atomic mass is 9.99. The van der Waals surface area contributed by atoms with Crippen LogP contribution >= 0.6 is 0 Å². The van der Waals surface area contributed by atoms with Gasteiger partial charge < -0.3 is 18.4 Å². The highest BCUT2D eigenvalue weighted by Gasteiger charge is 2.32. The van der Waals surface area contributed by atoms with Gasteiger partial charge in [-0.3, -0.25) is 0 Å². The van der Waals surface area contributed by atoms with Crippen LogP contribution in [0.25, 0.3) is 6.08 Å². The quantitative estimate of drug-likeness (QED) is 0.540. The Labute approximate surface area is 170 Å². The van der Waals surface area contributed by atoms with Gasteiger partial charge in [0.15, 0.2) is 5.75 Å². The van der Waals surface area contributed by atoms with Crippen molar-refractivity contribution in [3.05, 3.63) is 53.1 Å². The number of carbonyl (C=O) groups excluding carboxylic acids is 1. The molecule has 0 aliphatic carbocycles. The van der Waals surface area contributed by atoms with E-state index >= 15 is 0 Å². The van der Waals surface area contributed by atoms with E-state index in [9.17, 15) is 13.2 Å². The summed E-state index contributed by atoms with van der Waals surface area (Å²) in [7, 11) is -1.65. The summed E-state index contributed by atoms with van der Waals surface area (Å²) in [4.78, 5) is 12.4. The highest BCUT2D eigenvalue weighted by molar-refractivity contribution is 7.87. The van der Waals surface area contributed by atoms with Crippen LogP contribution in [-0.4, -0.2) is 34.2 Å². The molecule has 154 valence electrons. The lowest BCUT2D eigenvalue weighted by Crippen LogP contribution is -2.28.